The number of fused-ring (bicyclic) bond motifs is 1. The van der Waals surface area contributed by atoms with E-state index in [1.54, 1.807) is 11.2 Å². The molecule has 0 radical (unpaired) electrons. The number of methoxy groups -OCH3 is 1. The molecular weight excluding hydrogens is 258 g/mol. The topological polar surface area (TPSA) is 74.4 Å². The summed E-state index contributed by atoms with van der Waals surface area (Å²) in [5.74, 6) is -0.679. The Balaban J connectivity index is 2.72. The molecule has 1 aliphatic heterocycles. The van der Waals surface area contributed by atoms with Crippen molar-refractivity contribution in [3.8, 4) is 0 Å². The van der Waals surface area contributed by atoms with E-state index in [1.807, 2.05) is 6.92 Å². The van der Waals surface area contributed by atoms with Crippen LogP contribution in [0.5, 0.6) is 0 Å². The fourth-order valence-electron chi connectivity index (χ4n) is 1.66. The van der Waals surface area contributed by atoms with Gasteiger partial charge in [0, 0.05) is 18.0 Å². The number of pyridine rings is 1. The Morgan fingerprint density at radius 2 is 2.28 bits per heavy atom. The minimum absolute atomic E-state index is 0.0521. The maximum atomic E-state index is 11.8. The molecule has 0 spiro atoms. The number of carbonyl (C=O) groups excluding carboxylic acids is 1. The number of esters is 1. The third-order valence-electron chi connectivity index (χ3n) is 2.61. The van der Waals surface area contributed by atoms with Crippen molar-refractivity contribution in [2.75, 3.05) is 13.7 Å². The van der Waals surface area contributed by atoms with Crippen LogP contribution in [0.25, 0.3) is 11.4 Å². The highest BCUT2D eigenvalue weighted by Gasteiger charge is 2.15. The van der Waals surface area contributed by atoms with Gasteiger partial charge in [-0.3, -0.25) is 9.80 Å². The SMILES string of the molecule is CCN1NC=c2cc(C(=O)OC)c(=O)[nH]c2=C1Cl. The number of hydrazine groups is 1. The van der Waals surface area contributed by atoms with Gasteiger partial charge in [0.25, 0.3) is 5.56 Å². The van der Waals surface area contributed by atoms with Crippen molar-refractivity contribution >= 4 is 28.9 Å². The summed E-state index contributed by atoms with van der Waals surface area (Å²) in [6.07, 6.45) is 1.66. The first-order valence-corrected chi connectivity index (χ1v) is 5.71. The van der Waals surface area contributed by atoms with Crippen molar-refractivity contribution in [1.82, 2.24) is 15.4 Å². The lowest BCUT2D eigenvalue weighted by molar-refractivity contribution is 0.0598. The normalized spacial score (nSPS) is 13.5. The van der Waals surface area contributed by atoms with Gasteiger partial charge in [0.15, 0.2) is 0 Å². The van der Waals surface area contributed by atoms with Gasteiger partial charge in [-0.25, -0.2) is 4.79 Å². The highest BCUT2D eigenvalue weighted by molar-refractivity contribution is 6.44. The van der Waals surface area contributed by atoms with Crippen molar-refractivity contribution < 1.29 is 9.53 Å². The largest absolute Gasteiger partial charge is 0.465 e. The second kappa shape index (κ2) is 4.73. The molecule has 18 heavy (non-hydrogen) atoms. The third-order valence-corrected chi connectivity index (χ3v) is 3.01. The third kappa shape index (κ3) is 1.95. The molecule has 0 saturated heterocycles. The summed E-state index contributed by atoms with van der Waals surface area (Å²) in [5.41, 5.74) is 2.37. The van der Waals surface area contributed by atoms with E-state index in [4.69, 9.17) is 11.6 Å². The molecule has 1 aliphatic rings. The summed E-state index contributed by atoms with van der Waals surface area (Å²) in [7, 11) is 1.22. The minimum Gasteiger partial charge on any atom is -0.465 e. The Bertz CT molecular complexity index is 665. The number of hydrogen-bond donors (Lipinski definition) is 2. The average molecular weight is 270 g/mol. The predicted molar refractivity (Wildman–Crippen MR) is 66.9 cm³/mol. The Morgan fingerprint density at radius 1 is 1.56 bits per heavy atom. The fraction of sp³-hybridized carbons (Fsp3) is 0.273. The van der Waals surface area contributed by atoms with Gasteiger partial charge in [-0.1, -0.05) is 11.6 Å². The first-order valence-electron chi connectivity index (χ1n) is 5.33. The zero-order valence-electron chi connectivity index (χ0n) is 9.91. The average Bonchev–Trinajstić information content (AvgIpc) is 2.38. The van der Waals surface area contributed by atoms with Crippen molar-refractivity contribution in [1.29, 1.82) is 0 Å². The van der Waals surface area contributed by atoms with E-state index in [2.05, 4.69) is 15.1 Å². The predicted octanol–water partition coefficient (Wildman–Crippen LogP) is -0.956. The van der Waals surface area contributed by atoms with Crippen LogP contribution in [0.2, 0.25) is 0 Å². The first kappa shape index (κ1) is 12.5. The zero-order valence-corrected chi connectivity index (χ0v) is 10.7. The number of H-pyrrole nitrogens is 1. The van der Waals surface area contributed by atoms with E-state index in [9.17, 15) is 9.59 Å². The van der Waals surface area contributed by atoms with Crippen LogP contribution in [0.4, 0.5) is 0 Å². The van der Waals surface area contributed by atoms with Gasteiger partial charge >= 0.3 is 5.97 Å². The van der Waals surface area contributed by atoms with Gasteiger partial charge in [0.05, 0.1) is 12.5 Å². The number of halogens is 1. The van der Waals surface area contributed by atoms with Gasteiger partial charge in [-0.2, -0.15) is 0 Å². The Labute approximate surface area is 107 Å². The summed E-state index contributed by atoms with van der Waals surface area (Å²) in [6, 6.07) is 1.45. The fourth-order valence-corrected chi connectivity index (χ4v) is 1.99. The molecular formula is C11H12ClN3O3. The molecule has 0 fully saturated rings. The molecule has 0 bridgehead atoms. The van der Waals surface area contributed by atoms with Crippen molar-refractivity contribution in [3.05, 3.63) is 32.6 Å². The van der Waals surface area contributed by atoms with Crippen molar-refractivity contribution in [2.45, 2.75) is 6.92 Å². The molecule has 1 aromatic heterocycles. The number of nitrogens with one attached hydrogen (secondary N) is 2. The number of rotatable bonds is 2. The van der Waals surface area contributed by atoms with Gasteiger partial charge < -0.3 is 15.1 Å². The van der Waals surface area contributed by atoms with Crippen LogP contribution in [0.1, 0.15) is 17.3 Å². The molecule has 0 aliphatic carbocycles. The minimum atomic E-state index is -0.679. The quantitative estimate of drug-likeness (QED) is 0.535. The summed E-state index contributed by atoms with van der Waals surface area (Å²) >= 11 is 6.12. The van der Waals surface area contributed by atoms with Crippen molar-refractivity contribution in [3.63, 3.8) is 0 Å². The highest BCUT2D eigenvalue weighted by Crippen LogP contribution is 2.05. The molecule has 7 heteroatoms. The van der Waals surface area contributed by atoms with Crippen LogP contribution in [0.3, 0.4) is 0 Å². The number of aromatic amines is 1. The molecule has 0 amide bonds. The van der Waals surface area contributed by atoms with E-state index in [1.165, 1.54) is 13.2 Å². The molecule has 2 rings (SSSR count). The summed E-state index contributed by atoms with van der Waals surface area (Å²) < 4.78 is 4.53. The number of nitrogens with zero attached hydrogens (tertiary/aromatic N) is 1. The Morgan fingerprint density at radius 3 is 2.89 bits per heavy atom. The van der Waals surface area contributed by atoms with Crippen LogP contribution in [-0.2, 0) is 4.74 Å². The van der Waals surface area contributed by atoms with E-state index in [0.717, 1.165) is 0 Å². The number of carbonyl (C=O) groups is 1. The Hall–Kier alpha value is -1.95. The van der Waals surface area contributed by atoms with Gasteiger partial charge in [0.1, 0.15) is 10.7 Å². The molecule has 1 aromatic rings. The maximum absolute atomic E-state index is 11.8. The molecule has 0 unspecified atom stereocenters. The summed E-state index contributed by atoms with van der Waals surface area (Å²) in [4.78, 5) is 25.7. The summed E-state index contributed by atoms with van der Waals surface area (Å²) in [5, 5.41) is 3.15. The lowest BCUT2D eigenvalue weighted by Crippen LogP contribution is -2.48. The van der Waals surface area contributed by atoms with Gasteiger partial charge in [-0.05, 0) is 13.0 Å². The second-order valence-electron chi connectivity index (χ2n) is 3.64. The molecule has 6 nitrogen and oxygen atoms in total. The molecule has 2 heterocycles. The van der Waals surface area contributed by atoms with Crippen LogP contribution in [-0.4, -0.2) is 29.6 Å². The smallest absolute Gasteiger partial charge is 0.343 e. The number of aromatic nitrogens is 1. The first-order chi connectivity index (χ1) is 8.58. The second-order valence-corrected chi connectivity index (χ2v) is 4.00. The monoisotopic (exact) mass is 269 g/mol. The highest BCUT2D eigenvalue weighted by atomic mass is 35.5. The van der Waals surface area contributed by atoms with E-state index in [-0.39, 0.29) is 5.56 Å². The molecule has 96 valence electrons. The van der Waals surface area contributed by atoms with Crippen LogP contribution in [0.15, 0.2) is 10.9 Å². The van der Waals surface area contributed by atoms with E-state index in [0.29, 0.717) is 22.3 Å². The number of hydrogen-bond acceptors (Lipinski definition) is 5. The van der Waals surface area contributed by atoms with Gasteiger partial charge in [0.2, 0.25) is 0 Å². The lowest BCUT2D eigenvalue weighted by atomic mass is 10.2. The maximum Gasteiger partial charge on any atom is 0.343 e. The molecule has 0 aromatic carbocycles. The van der Waals surface area contributed by atoms with Gasteiger partial charge in [-0.15, -0.1) is 0 Å². The summed E-state index contributed by atoms with van der Waals surface area (Å²) in [6.45, 7) is 2.55. The van der Waals surface area contributed by atoms with Crippen molar-refractivity contribution in [2.24, 2.45) is 0 Å². The molecule has 0 atom stereocenters. The van der Waals surface area contributed by atoms with E-state index < -0.39 is 11.5 Å². The number of ether oxygens (including phenoxy) is 1. The standard InChI is InChI=1S/C11H12ClN3O3/c1-3-15-9(12)8-6(5-13-15)4-7(10(16)14-8)11(17)18-2/h4-5,13H,3H2,1-2H3,(H,14,16). The van der Waals surface area contributed by atoms with Crippen LogP contribution >= 0.6 is 11.6 Å². The van der Waals surface area contributed by atoms with Crippen LogP contribution in [0, 0.1) is 0 Å². The lowest BCUT2D eigenvalue weighted by Gasteiger charge is -2.24. The molecule has 2 N–H and O–H groups in total. The van der Waals surface area contributed by atoms with Crippen LogP contribution < -0.4 is 21.6 Å². The zero-order chi connectivity index (χ0) is 13.3. The van der Waals surface area contributed by atoms with E-state index >= 15 is 0 Å². The molecule has 0 saturated carbocycles. The Kier molecular flexibility index (Phi) is 3.29.